The average Bonchev–Trinajstić information content (AvgIpc) is 2.16. The van der Waals surface area contributed by atoms with Gasteiger partial charge in [-0.1, -0.05) is 37.1 Å². The summed E-state index contributed by atoms with van der Waals surface area (Å²) in [4.78, 5) is 0. The van der Waals surface area contributed by atoms with E-state index in [2.05, 4.69) is 18.3 Å². The third-order valence-corrected chi connectivity index (χ3v) is 4.19. The number of nitrogens with one attached hydrogen (secondary N) is 1. The lowest BCUT2D eigenvalue weighted by Crippen LogP contribution is -2.02. The SMILES string of the molecule is CCC([SiH3])c1cccc(Cl)c1NC. The third-order valence-electron chi connectivity index (χ3n) is 2.44. The van der Waals surface area contributed by atoms with E-state index in [0.717, 1.165) is 10.7 Å². The lowest BCUT2D eigenvalue weighted by molar-refractivity contribution is 0.883. The lowest BCUT2D eigenvalue weighted by Gasteiger charge is -2.15. The molecule has 0 spiro atoms. The first-order valence-corrected chi connectivity index (χ1v) is 6.20. The number of rotatable bonds is 3. The van der Waals surface area contributed by atoms with Gasteiger partial charge in [-0.2, -0.15) is 0 Å². The molecule has 1 rings (SSSR count). The second-order valence-corrected chi connectivity index (χ2v) is 5.06. The molecule has 0 aromatic heterocycles. The van der Waals surface area contributed by atoms with Gasteiger partial charge in [-0.25, -0.2) is 0 Å². The van der Waals surface area contributed by atoms with Crippen molar-refractivity contribution in [1.29, 1.82) is 0 Å². The second kappa shape index (κ2) is 4.68. The second-order valence-electron chi connectivity index (χ2n) is 3.26. The summed E-state index contributed by atoms with van der Waals surface area (Å²) in [5.41, 5.74) is 3.16. The van der Waals surface area contributed by atoms with Crippen molar-refractivity contribution in [3.8, 4) is 0 Å². The quantitative estimate of drug-likeness (QED) is 0.760. The Morgan fingerprint density at radius 3 is 2.77 bits per heavy atom. The summed E-state index contributed by atoms with van der Waals surface area (Å²) in [6.45, 7) is 2.22. The number of para-hydroxylation sites is 1. The molecule has 1 aromatic carbocycles. The number of anilines is 1. The molecule has 0 amide bonds. The fraction of sp³-hybridized carbons (Fsp3) is 0.400. The number of hydrogen-bond donors (Lipinski definition) is 1. The maximum Gasteiger partial charge on any atom is 0.0640 e. The fourth-order valence-corrected chi connectivity index (χ4v) is 2.19. The standard InChI is InChI=1S/C10H16ClNSi/c1-3-9(13)7-5-4-6-8(11)10(7)12-2/h4-6,9,12H,3H2,1-2,13H3. The molecule has 0 bridgehead atoms. The van der Waals surface area contributed by atoms with E-state index in [1.54, 1.807) is 0 Å². The molecule has 1 unspecified atom stereocenters. The van der Waals surface area contributed by atoms with Gasteiger partial charge in [0.05, 0.1) is 10.7 Å². The third kappa shape index (κ3) is 2.26. The van der Waals surface area contributed by atoms with Crippen molar-refractivity contribution in [2.45, 2.75) is 18.9 Å². The van der Waals surface area contributed by atoms with Crippen LogP contribution in [0.15, 0.2) is 18.2 Å². The Labute approximate surface area is 87.9 Å². The van der Waals surface area contributed by atoms with Gasteiger partial charge in [-0.3, -0.25) is 0 Å². The number of halogens is 1. The van der Waals surface area contributed by atoms with Crippen molar-refractivity contribution in [3.05, 3.63) is 28.8 Å². The van der Waals surface area contributed by atoms with Crippen LogP contribution in [0.3, 0.4) is 0 Å². The van der Waals surface area contributed by atoms with Crippen LogP contribution in [0.4, 0.5) is 5.69 Å². The molecule has 72 valence electrons. The van der Waals surface area contributed by atoms with Gasteiger partial charge in [0, 0.05) is 17.3 Å². The minimum atomic E-state index is 0.696. The van der Waals surface area contributed by atoms with Gasteiger partial charge in [-0.05, 0) is 17.2 Å². The zero-order valence-electron chi connectivity index (χ0n) is 8.39. The Morgan fingerprint density at radius 2 is 2.23 bits per heavy atom. The van der Waals surface area contributed by atoms with E-state index in [1.165, 1.54) is 22.2 Å². The summed E-state index contributed by atoms with van der Waals surface area (Å²) >= 11 is 6.08. The van der Waals surface area contributed by atoms with Crippen LogP contribution in [0.5, 0.6) is 0 Å². The van der Waals surface area contributed by atoms with E-state index in [9.17, 15) is 0 Å². The molecule has 0 saturated heterocycles. The van der Waals surface area contributed by atoms with Gasteiger partial charge in [0.2, 0.25) is 0 Å². The number of hydrogen-bond acceptors (Lipinski definition) is 1. The molecule has 13 heavy (non-hydrogen) atoms. The van der Waals surface area contributed by atoms with Crippen molar-refractivity contribution < 1.29 is 0 Å². The molecule has 0 aliphatic heterocycles. The van der Waals surface area contributed by atoms with E-state index in [0.29, 0.717) is 5.54 Å². The van der Waals surface area contributed by atoms with Crippen molar-refractivity contribution in [2.24, 2.45) is 0 Å². The van der Waals surface area contributed by atoms with Crippen LogP contribution in [0.1, 0.15) is 24.4 Å². The van der Waals surface area contributed by atoms with Gasteiger partial charge in [0.15, 0.2) is 0 Å². The Morgan fingerprint density at radius 1 is 1.54 bits per heavy atom. The predicted octanol–water partition coefficient (Wildman–Crippen LogP) is 2.20. The van der Waals surface area contributed by atoms with E-state index >= 15 is 0 Å². The fourth-order valence-electron chi connectivity index (χ4n) is 1.44. The Bertz CT molecular complexity index is 288. The Hall–Kier alpha value is -0.473. The highest BCUT2D eigenvalue weighted by molar-refractivity contribution is 6.33. The van der Waals surface area contributed by atoms with Gasteiger partial charge >= 0.3 is 0 Å². The minimum absolute atomic E-state index is 0.696. The summed E-state index contributed by atoms with van der Waals surface area (Å²) in [5.74, 6) is 0. The number of benzene rings is 1. The average molecular weight is 214 g/mol. The van der Waals surface area contributed by atoms with Crippen LogP contribution in [-0.2, 0) is 0 Å². The first-order chi connectivity index (χ1) is 6.20. The minimum Gasteiger partial charge on any atom is -0.387 e. The largest absolute Gasteiger partial charge is 0.387 e. The maximum atomic E-state index is 6.08. The van der Waals surface area contributed by atoms with Crippen molar-refractivity contribution in [3.63, 3.8) is 0 Å². The molecular formula is C10H16ClNSi. The smallest absolute Gasteiger partial charge is 0.0640 e. The monoisotopic (exact) mass is 213 g/mol. The highest BCUT2D eigenvalue weighted by Gasteiger charge is 2.09. The summed E-state index contributed by atoms with van der Waals surface area (Å²) < 4.78 is 0. The molecule has 0 heterocycles. The maximum absolute atomic E-state index is 6.08. The molecule has 0 aliphatic carbocycles. The summed E-state index contributed by atoms with van der Waals surface area (Å²) in [5, 5.41) is 4.00. The zero-order chi connectivity index (χ0) is 9.84. The van der Waals surface area contributed by atoms with E-state index in [-0.39, 0.29) is 0 Å². The van der Waals surface area contributed by atoms with Crippen LogP contribution < -0.4 is 5.32 Å². The van der Waals surface area contributed by atoms with E-state index in [4.69, 9.17) is 11.6 Å². The van der Waals surface area contributed by atoms with Crippen molar-refractivity contribution in [2.75, 3.05) is 12.4 Å². The normalized spacial score (nSPS) is 12.8. The van der Waals surface area contributed by atoms with Crippen molar-refractivity contribution in [1.82, 2.24) is 0 Å². The molecule has 1 nitrogen and oxygen atoms in total. The summed E-state index contributed by atoms with van der Waals surface area (Å²) in [6.07, 6.45) is 1.20. The van der Waals surface area contributed by atoms with Gasteiger partial charge in [0.1, 0.15) is 0 Å². The zero-order valence-corrected chi connectivity index (χ0v) is 11.2. The van der Waals surface area contributed by atoms with Crippen LogP contribution in [0.2, 0.25) is 5.02 Å². The summed E-state index contributed by atoms with van der Waals surface area (Å²) in [7, 11) is 3.10. The molecule has 0 fully saturated rings. The van der Waals surface area contributed by atoms with Gasteiger partial charge < -0.3 is 5.32 Å². The Kier molecular flexibility index (Phi) is 3.82. The van der Waals surface area contributed by atoms with Crippen LogP contribution in [0.25, 0.3) is 0 Å². The van der Waals surface area contributed by atoms with Crippen molar-refractivity contribution >= 4 is 27.5 Å². The first kappa shape index (κ1) is 10.6. The van der Waals surface area contributed by atoms with Crippen LogP contribution >= 0.6 is 11.6 Å². The van der Waals surface area contributed by atoms with Gasteiger partial charge in [-0.15, -0.1) is 0 Å². The van der Waals surface area contributed by atoms with E-state index < -0.39 is 0 Å². The van der Waals surface area contributed by atoms with Gasteiger partial charge in [0.25, 0.3) is 0 Å². The highest BCUT2D eigenvalue weighted by Crippen LogP contribution is 2.30. The molecule has 0 radical (unpaired) electrons. The molecule has 3 heteroatoms. The molecule has 1 atom stereocenters. The molecule has 0 aliphatic rings. The topological polar surface area (TPSA) is 12.0 Å². The lowest BCUT2D eigenvalue weighted by atomic mass is 10.1. The first-order valence-electron chi connectivity index (χ1n) is 4.66. The van der Waals surface area contributed by atoms with Crippen LogP contribution in [0, 0.1) is 0 Å². The highest BCUT2D eigenvalue weighted by atomic mass is 35.5. The summed E-state index contributed by atoms with van der Waals surface area (Å²) in [6, 6.07) is 6.12. The molecule has 1 N–H and O–H groups in total. The molecular weight excluding hydrogens is 198 g/mol. The molecule has 0 saturated carbocycles. The van der Waals surface area contributed by atoms with Crippen LogP contribution in [-0.4, -0.2) is 17.3 Å². The molecule has 1 aromatic rings. The van der Waals surface area contributed by atoms with E-state index in [1.807, 2.05) is 19.2 Å². The Balaban J connectivity index is 3.12. The predicted molar refractivity (Wildman–Crippen MR) is 64.0 cm³/mol.